The van der Waals surface area contributed by atoms with Crippen LogP contribution in [0, 0.1) is 6.92 Å². The maximum atomic E-state index is 10.8. The van der Waals surface area contributed by atoms with Crippen LogP contribution in [0.1, 0.15) is 38.8 Å². The number of hydrogen-bond acceptors (Lipinski definition) is 4. The third kappa shape index (κ3) is 5.72. The number of aryl methyl sites for hydroxylation is 1. The molecule has 0 bridgehead atoms. The molecule has 0 unspecified atom stereocenters. The molecule has 1 aliphatic rings. The Morgan fingerprint density at radius 2 is 1.82 bits per heavy atom. The van der Waals surface area contributed by atoms with E-state index in [1.165, 1.54) is 11.1 Å². The van der Waals surface area contributed by atoms with E-state index in [0.29, 0.717) is 0 Å². The van der Waals surface area contributed by atoms with Crippen molar-refractivity contribution in [3.63, 3.8) is 0 Å². The van der Waals surface area contributed by atoms with Crippen molar-refractivity contribution >= 4 is 12.2 Å². The van der Waals surface area contributed by atoms with Crippen LogP contribution in [0.2, 0.25) is 0 Å². The number of amides is 1. The molecule has 1 amide bonds. The normalized spacial score (nSPS) is 16.9. The summed E-state index contributed by atoms with van der Waals surface area (Å²) in [5.74, 6) is 1.96. The average Bonchev–Trinajstić information content (AvgIpc) is 2.68. The molecule has 5 heteroatoms. The van der Waals surface area contributed by atoms with E-state index in [0.717, 1.165) is 37.6 Å². The number of carbonyl (C=O) groups is 1. The van der Waals surface area contributed by atoms with Gasteiger partial charge in [-0.1, -0.05) is 39.0 Å². The highest BCUT2D eigenvalue weighted by atomic mass is 16.5. The van der Waals surface area contributed by atoms with Crippen molar-refractivity contribution in [2.45, 2.75) is 46.1 Å². The lowest BCUT2D eigenvalue weighted by atomic mass is 9.87. The number of methoxy groups -OCH3 is 1. The number of aromatic nitrogens is 1. The van der Waals surface area contributed by atoms with Crippen molar-refractivity contribution in [1.82, 2.24) is 9.88 Å². The van der Waals surface area contributed by atoms with Crippen LogP contribution in [0.5, 0.6) is 5.75 Å². The summed E-state index contributed by atoms with van der Waals surface area (Å²) in [4.78, 5) is 19.3. The van der Waals surface area contributed by atoms with Crippen LogP contribution in [-0.4, -0.2) is 49.1 Å². The number of pyridine rings is 1. The zero-order chi connectivity index (χ0) is 20.7. The average molecular weight is 384 g/mol. The fourth-order valence-electron chi connectivity index (χ4n) is 3.22. The molecular weight excluding hydrogens is 350 g/mol. The molecule has 1 aromatic heterocycles. The van der Waals surface area contributed by atoms with Gasteiger partial charge in [0.05, 0.1) is 7.11 Å². The van der Waals surface area contributed by atoms with Crippen molar-refractivity contribution in [1.29, 1.82) is 0 Å². The van der Waals surface area contributed by atoms with Gasteiger partial charge in [0.1, 0.15) is 11.6 Å². The molecule has 0 aliphatic carbocycles. The maximum Gasteiger partial charge on any atom is 0.210 e. The number of rotatable bonds is 3. The van der Waals surface area contributed by atoms with E-state index in [-0.39, 0.29) is 11.5 Å². The number of nitrogens with zero attached hydrogens (tertiary/aromatic N) is 3. The van der Waals surface area contributed by atoms with E-state index in [9.17, 15) is 4.79 Å². The fraction of sp³-hybridized carbons (Fsp3) is 0.478. The third-order valence-corrected chi connectivity index (χ3v) is 5.05. The lowest BCUT2D eigenvalue weighted by Crippen LogP contribution is -2.51. The molecule has 2 heterocycles. The van der Waals surface area contributed by atoms with Gasteiger partial charge in [0, 0.05) is 31.9 Å². The van der Waals surface area contributed by atoms with Crippen molar-refractivity contribution in [2.24, 2.45) is 0 Å². The van der Waals surface area contributed by atoms with E-state index in [2.05, 4.69) is 62.7 Å². The zero-order valence-corrected chi connectivity index (χ0v) is 18.0. The Balaban J connectivity index is 0.000000209. The van der Waals surface area contributed by atoms with E-state index < -0.39 is 0 Å². The van der Waals surface area contributed by atoms with Gasteiger partial charge < -0.3 is 14.5 Å². The second kappa shape index (κ2) is 9.58. The van der Waals surface area contributed by atoms with Gasteiger partial charge in [-0.2, -0.15) is 0 Å². The lowest BCUT2D eigenvalue weighted by molar-refractivity contribution is -0.120. The van der Waals surface area contributed by atoms with Gasteiger partial charge in [0.2, 0.25) is 6.41 Å². The Bertz CT molecular complexity index is 753. The van der Waals surface area contributed by atoms with Crippen LogP contribution in [0.3, 0.4) is 0 Å². The number of hydrogen-bond donors (Lipinski definition) is 0. The van der Waals surface area contributed by atoms with Crippen LogP contribution in [0.15, 0.2) is 42.6 Å². The highest BCUT2D eigenvalue weighted by Gasteiger charge is 2.23. The molecule has 0 N–H and O–H groups in total. The van der Waals surface area contributed by atoms with Crippen LogP contribution in [0.25, 0.3) is 0 Å². The fourth-order valence-corrected chi connectivity index (χ4v) is 3.22. The molecule has 28 heavy (non-hydrogen) atoms. The van der Waals surface area contributed by atoms with Gasteiger partial charge in [-0.05, 0) is 48.6 Å². The predicted molar refractivity (Wildman–Crippen MR) is 115 cm³/mol. The largest absolute Gasteiger partial charge is 0.497 e. The molecule has 0 saturated carbocycles. The number of benzene rings is 1. The van der Waals surface area contributed by atoms with E-state index in [1.54, 1.807) is 7.11 Å². The van der Waals surface area contributed by atoms with Crippen LogP contribution in [0.4, 0.5) is 5.82 Å². The third-order valence-electron chi connectivity index (χ3n) is 5.05. The summed E-state index contributed by atoms with van der Waals surface area (Å²) in [6.45, 7) is 13.2. The highest BCUT2D eigenvalue weighted by Crippen LogP contribution is 2.24. The minimum Gasteiger partial charge on any atom is -0.497 e. The minimum atomic E-state index is 0.228. The molecular formula is C23H33N3O2. The van der Waals surface area contributed by atoms with Gasteiger partial charge in [-0.15, -0.1) is 0 Å². The van der Waals surface area contributed by atoms with Crippen LogP contribution >= 0.6 is 0 Å². The molecule has 5 nitrogen and oxygen atoms in total. The van der Waals surface area contributed by atoms with Crippen molar-refractivity contribution in [3.05, 3.63) is 53.7 Å². The van der Waals surface area contributed by atoms with Gasteiger partial charge in [-0.25, -0.2) is 4.98 Å². The molecule has 1 aromatic carbocycles. The second-order valence-electron chi connectivity index (χ2n) is 8.26. The molecule has 1 atom stereocenters. The smallest absolute Gasteiger partial charge is 0.210 e. The van der Waals surface area contributed by atoms with Gasteiger partial charge in [0.25, 0.3) is 0 Å². The number of ether oxygens (including phenoxy) is 1. The number of anilines is 1. The van der Waals surface area contributed by atoms with Gasteiger partial charge in [-0.3, -0.25) is 4.79 Å². The Kier molecular flexibility index (Phi) is 7.44. The zero-order valence-electron chi connectivity index (χ0n) is 18.0. The molecule has 0 radical (unpaired) electrons. The first-order chi connectivity index (χ1) is 13.3. The summed E-state index contributed by atoms with van der Waals surface area (Å²) < 4.78 is 5.08. The first-order valence-electron chi connectivity index (χ1n) is 9.78. The second-order valence-corrected chi connectivity index (χ2v) is 8.26. The summed E-state index contributed by atoms with van der Waals surface area (Å²) in [7, 11) is 1.69. The Morgan fingerprint density at radius 1 is 1.14 bits per heavy atom. The topological polar surface area (TPSA) is 45.7 Å². The molecule has 2 aromatic rings. The number of carbonyl (C=O) groups excluding carboxylic acids is 1. The first-order valence-corrected chi connectivity index (χ1v) is 9.78. The standard InChI is InChI=1S/C12H17N3O.C11H16O/c1-10-4-3-5-13-12(10)14-6-7-15(9-16)11(2)8-14;1-11(2,3)9-5-7-10(12-4)8-6-9/h3-5,9,11H,6-8H2,1-2H3;5-8H,1-4H3/t11-;/m1./s1. The van der Waals surface area contributed by atoms with Crippen molar-refractivity contribution in [3.8, 4) is 5.75 Å². The monoisotopic (exact) mass is 383 g/mol. The Hall–Kier alpha value is -2.56. The Labute approximate surface area is 169 Å². The summed E-state index contributed by atoms with van der Waals surface area (Å²) in [6, 6.07) is 12.5. The minimum absolute atomic E-state index is 0.228. The summed E-state index contributed by atoms with van der Waals surface area (Å²) in [5, 5.41) is 0. The quantitative estimate of drug-likeness (QED) is 0.750. The van der Waals surface area contributed by atoms with Crippen molar-refractivity contribution < 1.29 is 9.53 Å². The highest BCUT2D eigenvalue weighted by molar-refractivity contribution is 5.51. The summed E-state index contributed by atoms with van der Waals surface area (Å²) >= 11 is 0. The molecule has 1 aliphatic heterocycles. The van der Waals surface area contributed by atoms with E-state index in [4.69, 9.17) is 4.74 Å². The maximum absolute atomic E-state index is 10.8. The van der Waals surface area contributed by atoms with Crippen LogP contribution < -0.4 is 9.64 Å². The summed E-state index contributed by atoms with van der Waals surface area (Å²) in [6.07, 6.45) is 2.76. The Morgan fingerprint density at radius 3 is 2.32 bits per heavy atom. The predicted octanol–water partition coefficient (Wildman–Crippen LogP) is 4.05. The summed E-state index contributed by atoms with van der Waals surface area (Å²) in [5.41, 5.74) is 2.75. The van der Waals surface area contributed by atoms with Gasteiger partial charge in [0.15, 0.2) is 0 Å². The van der Waals surface area contributed by atoms with Gasteiger partial charge >= 0.3 is 0 Å². The van der Waals surface area contributed by atoms with E-state index >= 15 is 0 Å². The van der Waals surface area contributed by atoms with E-state index in [1.807, 2.05) is 29.3 Å². The molecule has 3 rings (SSSR count). The number of piperazine rings is 1. The first kappa shape index (κ1) is 21.7. The molecule has 0 spiro atoms. The molecule has 152 valence electrons. The molecule has 1 fully saturated rings. The SMILES string of the molecule is COc1ccc(C(C)(C)C)cc1.Cc1cccnc1N1CCN(C=O)[C@H](C)C1. The van der Waals surface area contributed by atoms with Crippen molar-refractivity contribution in [2.75, 3.05) is 31.6 Å². The lowest BCUT2D eigenvalue weighted by Gasteiger charge is -2.38. The van der Waals surface area contributed by atoms with Crippen LogP contribution in [-0.2, 0) is 10.2 Å². The molecule has 1 saturated heterocycles.